The number of thiophene rings is 1. The molecule has 0 saturated carbocycles. The summed E-state index contributed by atoms with van der Waals surface area (Å²) in [4.78, 5) is 25.5. The Bertz CT molecular complexity index is 477. The maximum absolute atomic E-state index is 12.1. The van der Waals surface area contributed by atoms with Gasteiger partial charge in [-0.3, -0.25) is 0 Å². The lowest BCUT2D eigenvalue weighted by Crippen LogP contribution is -2.50. The van der Waals surface area contributed by atoms with Gasteiger partial charge in [0.15, 0.2) is 6.04 Å². The van der Waals surface area contributed by atoms with Crippen LogP contribution in [0.2, 0.25) is 0 Å². The van der Waals surface area contributed by atoms with Crippen LogP contribution in [0.15, 0.2) is 17.5 Å². The van der Waals surface area contributed by atoms with Crippen LogP contribution in [0.1, 0.15) is 30.7 Å². The Morgan fingerprint density at radius 3 is 2.60 bits per heavy atom. The molecule has 0 radical (unpaired) electrons. The highest BCUT2D eigenvalue weighted by molar-refractivity contribution is 7.10. The van der Waals surface area contributed by atoms with Crippen LogP contribution in [0, 0.1) is 0 Å². The number of carbonyl (C=O) groups excluding carboxylic acids is 1. The predicted molar refractivity (Wildman–Crippen MR) is 74.7 cm³/mol. The molecule has 3 N–H and O–H groups in total. The van der Waals surface area contributed by atoms with Crippen LogP contribution in [0.25, 0.3) is 0 Å². The predicted octanol–water partition coefficient (Wildman–Crippen LogP) is 1.43. The van der Waals surface area contributed by atoms with Crippen molar-refractivity contribution in [3.8, 4) is 0 Å². The minimum absolute atomic E-state index is 0.402. The molecule has 20 heavy (non-hydrogen) atoms. The summed E-state index contributed by atoms with van der Waals surface area (Å²) < 4.78 is 0. The lowest BCUT2D eigenvalue weighted by molar-refractivity contribution is -0.139. The Kier molecular flexibility index (Phi) is 4.29. The van der Waals surface area contributed by atoms with Gasteiger partial charge in [0.1, 0.15) is 0 Å². The van der Waals surface area contributed by atoms with E-state index in [0.29, 0.717) is 30.8 Å². The van der Waals surface area contributed by atoms with Crippen molar-refractivity contribution in [3.05, 3.63) is 22.4 Å². The number of carbonyl (C=O) groups is 2. The van der Waals surface area contributed by atoms with Crippen molar-refractivity contribution in [2.45, 2.75) is 31.4 Å². The van der Waals surface area contributed by atoms with Gasteiger partial charge >= 0.3 is 12.0 Å². The van der Waals surface area contributed by atoms with E-state index in [2.05, 4.69) is 5.32 Å². The number of rotatable bonds is 3. The molecule has 0 spiro atoms. The number of carboxylic acids is 1. The first kappa shape index (κ1) is 14.8. The zero-order chi connectivity index (χ0) is 14.8. The Morgan fingerprint density at radius 1 is 1.45 bits per heavy atom. The second-order valence-electron chi connectivity index (χ2n) is 5.22. The number of carboxylic acid groups (broad SMARTS) is 1. The van der Waals surface area contributed by atoms with Gasteiger partial charge in [-0.1, -0.05) is 6.07 Å². The molecule has 0 aromatic carbocycles. The standard InChI is InChI=1S/C13H18N2O4S/c1-13(19)4-6-15(7-5-13)12(18)14-10(11(16)17)9-3-2-8-20-9/h2-3,8,10,19H,4-7H2,1H3,(H,14,18)(H,16,17). The fraction of sp³-hybridized carbons (Fsp3) is 0.538. The monoisotopic (exact) mass is 298 g/mol. The summed E-state index contributed by atoms with van der Waals surface area (Å²) in [6.45, 7) is 2.60. The van der Waals surface area contributed by atoms with Gasteiger partial charge in [-0.05, 0) is 31.2 Å². The quantitative estimate of drug-likeness (QED) is 0.787. The van der Waals surface area contributed by atoms with Crippen molar-refractivity contribution in [2.75, 3.05) is 13.1 Å². The number of aliphatic carboxylic acids is 1. The topological polar surface area (TPSA) is 89.9 Å². The smallest absolute Gasteiger partial charge is 0.331 e. The Balaban J connectivity index is 1.98. The number of hydrogen-bond donors (Lipinski definition) is 3. The van der Waals surface area contributed by atoms with Gasteiger partial charge in [0, 0.05) is 18.0 Å². The van der Waals surface area contributed by atoms with Gasteiger partial charge in [-0.2, -0.15) is 0 Å². The molecule has 1 aromatic rings. The normalized spacial score (nSPS) is 19.4. The fourth-order valence-corrected chi connectivity index (χ4v) is 2.88. The molecule has 6 nitrogen and oxygen atoms in total. The molecule has 1 unspecified atom stereocenters. The van der Waals surface area contributed by atoms with Crippen LogP contribution in [0.4, 0.5) is 4.79 Å². The van der Waals surface area contributed by atoms with Crippen molar-refractivity contribution in [3.63, 3.8) is 0 Å². The number of aliphatic hydroxyl groups is 1. The lowest BCUT2D eigenvalue weighted by Gasteiger charge is -2.36. The van der Waals surface area contributed by atoms with Crippen molar-refractivity contribution in [1.29, 1.82) is 0 Å². The largest absolute Gasteiger partial charge is 0.479 e. The second-order valence-corrected chi connectivity index (χ2v) is 6.20. The van der Waals surface area contributed by atoms with E-state index in [4.69, 9.17) is 0 Å². The fourth-order valence-electron chi connectivity index (χ4n) is 2.12. The number of piperidine rings is 1. The summed E-state index contributed by atoms with van der Waals surface area (Å²) in [5.41, 5.74) is -0.739. The van der Waals surface area contributed by atoms with Crippen LogP contribution in [-0.4, -0.2) is 45.8 Å². The first-order valence-corrected chi connectivity index (χ1v) is 7.31. The summed E-state index contributed by atoms with van der Waals surface area (Å²) in [5, 5.41) is 23.4. The highest BCUT2D eigenvalue weighted by Gasteiger charge is 2.31. The molecule has 2 heterocycles. The first-order valence-electron chi connectivity index (χ1n) is 6.43. The number of nitrogens with zero attached hydrogens (tertiary/aromatic N) is 1. The van der Waals surface area contributed by atoms with Gasteiger partial charge in [0.25, 0.3) is 0 Å². The molecule has 1 fully saturated rings. The molecular formula is C13H18N2O4S. The summed E-state index contributed by atoms with van der Waals surface area (Å²) in [6.07, 6.45) is 0.994. The van der Waals surface area contributed by atoms with Crippen LogP contribution in [-0.2, 0) is 4.79 Å². The van der Waals surface area contributed by atoms with Gasteiger partial charge < -0.3 is 20.4 Å². The van der Waals surface area contributed by atoms with E-state index >= 15 is 0 Å². The molecule has 1 aromatic heterocycles. The zero-order valence-corrected chi connectivity index (χ0v) is 12.0. The Morgan fingerprint density at radius 2 is 2.10 bits per heavy atom. The maximum atomic E-state index is 12.1. The first-order chi connectivity index (χ1) is 9.39. The number of nitrogens with one attached hydrogen (secondary N) is 1. The minimum Gasteiger partial charge on any atom is -0.479 e. The van der Waals surface area contributed by atoms with E-state index in [9.17, 15) is 19.8 Å². The highest BCUT2D eigenvalue weighted by atomic mass is 32.1. The van der Waals surface area contributed by atoms with Gasteiger partial charge in [-0.15, -0.1) is 11.3 Å². The molecule has 0 aliphatic carbocycles. The third-order valence-corrected chi connectivity index (χ3v) is 4.41. The summed E-state index contributed by atoms with van der Waals surface area (Å²) in [5.74, 6) is -1.08. The molecule has 1 aliphatic heterocycles. The number of likely N-dealkylation sites (tertiary alicyclic amines) is 1. The number of amides is 2. The van der Waals surface area contributed by atoms with Crippen molar-refractivity contribution >= 4 is 23.3 Å². The molecule has 2 rings (SSSR count). The molecule has 1 aliphatic rings. The highest BCUT2D eigenvalue weighted by Crippen LogP contribution is 2.23. The molecule has 110 valence electrons. The average molecular weight is 298 g/mol. The van der Waals surface area contributed by atoms with Crippen molar-refractivity contribution in [1.82, 2.24) is 10.2 Å². The molecular weight excluding hydrogens is 280 g/mol. The van der Waals surface area contributed by atoms with E-state index in [1.807, 2.05) is 0 Å². The molecule has 2 amide bonds. The van der Waals surface area contributed by atoms with E-state index < -0.39 is 23.6 Å². The summed E-state index contributed by atoms with van der Waals surface area (Å²) in [7, 11) is 0. The van der Waals surface area contributed by atoms with Crippen LogP contribution in [0.3, 0.4) is 0 Å². The number of hydrogen-bond acceptors (Lipinski definition) is 4. The van der Waals surface area contributed by atoms with Crippen LogP contribution in [0.5, 0.6) is 0 Å². The minimum atomic E-state index is -1.08. The van der Waals surface area contributed by atoms with Gasteiger partial charge in [0.05, 0.1) is 5.60 Å². The van der Waals surface area contributed by atoms with Gasteiger partial charge in [0.2, 0.25) is 0 Å². The van der Waals surface area contributed by atoms with E-state index in [1.54, 1.807) is 29.3 Å². The van der Waals surface area contributed by atoms with E-state index in [0.717, 1.165) is 0 Å². The second kappa shape index (κ2) is 5.80. The van der Waals surface area contributed by atoms with Gasteiger partial charge in [-0.25, -0.2) is 9.59 Å². The van der Waals surface area contributed by atoms with Crippen LogP contribution < -0.4 is 5.32 Å². The zero-order valence-electron chi connectivity index (χ0n) is 11.2. The maximum Gasteiger partial charge on any atom is 0.331 e. The van der Waals surface area contributed by atoms with E-state index in [-0.39, 0.29) is 0 Å². The van der Waals surface area contributed by atoms with Crippen LogP contribution >= 0.6 is 11.3 Å². The molecule has 1 saturated heterocycles. The van der Waals surface area contributed by atoms with Crippen molar-refractivity contribution in [2.24, 2.45) is 0 Å². The summed E-state index contributed by atoms with van der Waals surface area (Å²) >= 11 is 1.29. The molecule has 1 atom stereocenters. The third kappa shape index (κ3) is 3.49. The number of urea groups is 1. The van der Waals surface area contributed by atoms with E-state index in [1.165, 1.54) is 11.3 Å². The summed E-state index contributed by atoms with van der Waals surface area (Å²) in [6, 6.07) is 2.01. The molecule has 0 bridgehead atoms. The SMILES string of the molecule is CC1(O)CCN(C(=O)NC(C(=O)O)c2cccs2)CC1. The Hall–Kier alpha value is -1.60. The molecule has 7 heteroatoms. The lowest BCUT2D eigenvalue weighted by atomic mass is 9.94. The average Bonchev–Trinajstić information content (AvgIpc) is 2.88. The third-order valence-electron chi connectivity index (χ3n) is 3.47. The Labute approximate surface area is 121 Å². The van der Waals surface area contributed by atoms with Crippen molar-refractivity contribution < 1.29 is 19.8 Å².